The molecule has 2 rings (SSSR count). The van der Waals surface area contributed by atoms with Gasteiger partial charge in [-0.2, -0.15) is 9.40 Å². The topological polar surface area (TPSA) is 75.4 Å². The molecule has 1 N–H and O–H groups in total. The number of hydrogen-bond acceptors (Lipinski definition) is 4. The molecule has 0 amide bonds. The van der Waals surface area contributed by atoms with Gasteiger partial charge >= 0.3 is 0 Å². The summed E-state index contributed by atoms with van der Waals surface area (Å²) in [7, 11) is -3.52. The summed E-state index contributed by atoms with van der Waals surface area (Å²) < 4.78 is 29.1. The van der Waals surface area contributed by atoms with Gasteiger partial charge in [-0.3, -0.25) is 4.68 Å². The van der Waals surface area contributed by atoms with Crippen LogP contribution in [-0.2, 0) is 16.6 Å². The van der Waals surface area contributed by atoms with Gasteiger partial charge in [-0.25, -0.2) is 8.42 Å². The lowest BCUT2D eigenvalue weighted by molar-refractivity contribution is 0.222. The molecule has 0 radical (unpaired) electrons. The second-order valence-electron chi connectivity index (χ2n) is 6.21. The van der Waals surface area contributed by atoms with Crippen molar-refractivity contribution in [3.05, 3.63) is 11.4 Å². The molecule has 1 aromatic heterocycles. The SMILES string of the molecule is Cc1nn(CCO)c(C)c1S(=O)(=O)N1CC(C)CC(C)C1. The van der Waals surface area contributed by atoms with Crippen molar-refractivity contribution in [2.24, 2.45) is 11.8 Å². The standard InChI is InChI=1S/C14H25N3O3S/c1-10-7-11(2)9-16(8-10)21(19,20)14-12(3)15-17(5-6-18)13(14)4/h10-11,18H,5-9H2,1-4H3. The first-order valence-corrected chi connectivity index (χ1v) is 8.86. The third-order valence-corrected chi connectivity index (χ3v) is 6.14. The number of nitrogens with zero attached hydrogens (tertiary/aromatic N) is 3. The maximum atomic E-state index is 12.9. The summed E-state index contributed by atoms with van der Waals surface area (Å²) in [6.45, 7) is 9.03. The molecule has 21 heavy (non-hydrogen) atoms. The molecule has 0 spiro atoms. The monoisotopic (exact) mass is 315 g/mol. The second kappa shape index (κ2) is 6.06. The van der Waals surface area contributed by atoms with Crippen molar-refractivity contribution in [3.8, 4) is 0 Å². The Bertz CT molecular complexity index is 599. The summed E-state index contributed by atoms with van der Waals surface area (Å²) in [5.74, 6) is 0.744. The molecule has 7 heteroatoms. The van der Waals surface area contributed by atoms with Crippen LogP contribution in [0.3, 0.4) is 0 Å². The summed E-state index contributed by atoms with van der Waals surface area (Å²) in [6.07, 6.45) is 1.06. The number of hydrogen-bond donors (Lipinski definition) is 1. The van der Waals surface area contributed by atoms with Crippen molar-refractivity contribution in [3.63, 3.8) is 0 Å². The Morgan fingerprint density at radius 2 is 1.81 bits per heavy atom. The third kappa shape index (κ3) is 3.14. The molecule has 2 unspecified atom stereocenters. The Hall–Kier alpha value is -0.920. The lowest BCUT2D eigenvalue weighted by atomic mass is 9.94. The highest BCUT2D eigenvalue weighted by Crippen LogP contribution is 2.29. The van der Waals surface area contributed by atoms with E-state index < -0.39 is 10.0 Å². The predicted octanol–water partition coefficient (Wildman–Crippen LogP) is 1.16. The minimum absolute atomic E-state index is 0.0563. The van der Waals surface area contributed by atoms with Crippen LogP contribution in [0.5, 0.6) is 0 Å². The van der Waals surface area contributed by atoms with Crippen molar-refractivity contribution < 1.29 is 13.5 Å². The fraction of sp³-hybridized carbons (Fsp3) is 0.786. The van der Waals surface area contributed by atoms with Crippen molar-refractivity contribution in [2.75, 3.05) is 19.7 Å². The lowest BCUT2D eigenvalue weighted by Crippen LogP contribution is -2.42. The minimum atomic E-state index is -3.52. The zero-order chi connectivity index (χ0) is 15.8. The van der Waals surface area contributed by atoms with Crippen molar-refractivity contribution in [1.82, 2.24) is 14.1 Å². The minimum Gasteiger partial charge on any atom is -0.394 e. The zero-order valence-corrected chi connectivity index (χ0v) is 14.0. The highest BCUT2D eigenvalue weighted by molar-refractivity contribution is 7.89. The number of sulfonamides is 1. The number of aryl methyl sites for hydroxylation is 1. The number of aliphatic hydroxyl groups excluding tert-OH is 1. The normalized spacial score (nSPS) is 24.4. The van der Waals surface area contributed by atoms with Gasteiger partial charge in [-0.05, 0) is 32.1 Å². The van der Waals surface area contributed by atoms with Crippen LogP contribution >= 0.6 is 0 Å². The quantitative estimate of drug-likeness (QED) is 0.904. The van der Waals surface area contributed by atoms with Crippen LogP contribution in [-0.4, -0.2) is 47.3 Å². The molecule has 2 heterocycles. The van der Waals surface area contributed by atoms with Gasteiger partial charge in [0.25, 0.3) is 0 Å². The fourth-order valence-corrected chi connectivity index (χ4v) is 5.35. The van der Waals surface area contributed by atoms with Gasteiger partial charge < -0.3 is 5.11 Å². The molecule has 1 saturated heterocycles. The van der Waals surface area contributed by atoms with E-state index in [0.29, 0.717) is 47.8 Å². The molecule has 1 aliphatic rings. The molecule has 1 fully saturated rings. The highest BCUT2D eigenvalue weighted by atomic mass is 32.2. The highest BCUT2D eigenvalue weighted by Gasteiger charge is 2.35. The maximum absolute atomic E-state index is 12.9. The summed E-state index contributed by atoms with van der Waals surface area (Å²) in [5, 5.41) is 13.3. The van der Waals surface area contributed by atoms with Gasteiger partial charge in [0.1, 0.15) is 4.90 Å². The van der Waals surface area contributed by atoms with E-state index in [2.05, 4.69) is 18.9 Å². The van der Waals surface area contributed by atoms with Crippen LogP contribution in [0.25, 0.3) is 0 Å². The van der Waals surface area contributed by atoms with Gasteiger partial charge in [0.2, 0.25) is 10.0 Å². The van der Waals surface area contributed by atoms with Crippen LogP contribution in [0.1, 0.15) is 31.7 Å². The van der Waals surface area contributed by atoms with E-state index in [1.54, 1.807) is 22.8 Å². The van der Waals surface area contributed by atoms with Gasteiger partial charge in [0.15, 0.2) is 0 Å². The maximum Gasteiger partial charge on any atom is 0.246 e. The zero-order valence-electron chi connectivity index (χ0n) is 13.2. The first kappa shape index (κ1) is 16.5. The average Bonchev–Trinajstić information content (AvgIpc) is 2.64. The molecule has 1 aromatic rings. The van der Waals surface area contributed by atoms with Crippen LogP contribution < -0.4 is 0 Å². The molecule has 0 bridgehead atoms. The smallest absolute Gasteiger partial charge is 0.246 e. The lowest BCUT2D eigenvalue weighted by Gasteiger charge is -2.34. The van der Waals surface area contributed by atoms with Crippen LogP contribution in [0, 0.1) is 25.7 Å². The first-order valence-electron chi connectivity index (χ1n) is 7.42. The molecular formula is C14H25N3O3S. The molecule has 1 aliphatic heterocycles. The molecule has 0 saturated carbocycles. The summed E-state index contributed by atoms with van der Waals surface area (Å²) >= 11 is 0. The Balaban J connectivity index is 2.40. The first-order chi connectivity index (χ1) is 9.77. The Kier molecular flexibility index (Phi) is 4.75. The molecule has 120 valence electrons. The van der Waals surface area contributed by atoms with Gasteiger partial charge in [0, 0.05) is 13.1 Å². The average molecular weight is 315 g/mol. The van der Waals surface area contributed by atoms with Crippen molar-refractivity contribution in [2.45, 2.75) is 45.6 Å². The summed E-state index contributed by atoms with van der Waals surface area (Å²) in [5.41, 5.74) is 1.11. The van der Waals surface area contributed by atoms with E-state index >= 15 is 0 Å². The molecule has 0 aromatic carbocycles. The molecule has 0 aliphatic carbocycles. The summed E-state index contributed by atoms with van der Waals surface area (Å²) in [6, 6.07) is 0. The van der Waals surface area contributed by atoms with Crippen LogP contribution in [0.15, 0.2) is 4.90 Å². The van der Waals surface area contributed by atoms with Crippen molar-refractivity contribution >= 4 is 10.0 Å². The van der Waals surface area contributed by atoms with Crippen molar-refractivity contribution in [1.29, 1.82) is 0 Å². The van der Waals surface area contributed by atoms with E-state index in [-0.39, 0.29) is 6.61 Å². The van der Waals surface area contributed by atoms with Gasteiger partial charge in [-0.1, -0.05) is 13.8 Å². The number of piperidine rings is 1. The number of aromatic nitrogens is 2. The Morgan fingerprint density at radius 1 is 1.24 bits per heavy atom. The van der Waals surface area contributed by atoms with Gasteiger partial charge in [0.05, 0.1) is 24.5 Å². The van der Waals surface area contributed by atoms with E-state index in [1.807, 2.05) is 0 Å². The Morgan fingerprint density at radius 3 is 2.33 bits per heavy atom. The van der Waals surface area contributed by atoms with Gasteiger partial charge in [-0.15, -0.1) is 0 Å². The number of aliphatic hydroxyl groups is 1. The summed E-state index contributed by atoms with van der Waals surface area (Å²) in [4.78, 5) is 0.303. The predicted molar refractivity (Wildman–Crippen MR) is 80.5 cm³/mol. The van der Waals surface area contributed by atoms with E-state index in [0.717, 1.165) is 6.42 Å². The molecule has 6 nitrogen and oxygen atoms in total. The van der Waals surface area contributed by atoms with Crippen LogP contribution in [0.4, 0.5) is 0 Å². The fourth-order valence-electron chi connectivity index (χ4n) is 3.30. The van der Waals surface area contributed by atoms with Crippen LogP contribution in [0.2, 0.25) is 0 Å². The largest absolute Gasteiger partial charge is 0.394 e. The van der Waals surface area contributed by atoms with E-state index in [9.17, 15) is 8.42 Å². The van der Waals surface area contributed by atoms with E-state index in [4.69, 9.17) is 5.11 Å². The third-order valence-electron chi connectivity index (χ3n) is 4.06. The molecular weight excluding hydrogens is 290 g/mol. The Labute approximate surface area is 126 Å². The number of rotatable bonds is 4. The molecule has 2 atom stereocenters. The second-order valence-corrected chi connectivity index (χ2v) is 8.09. The van der Waals surface area contributed by atoms with E-state index in [1.165, 1.54) is 0 Å².